The molecule has 0 bridgehead atoms. The first-order valence-electron chi connectivity index (χ1n) is 6.99. The van der Waals surface area contributed by atoms with Gasteiger partial charge < -0.3 is 0 Å². The third-order valence-electron chi connectivity index (χ3n) is 3.58. The van der Waals surface area contributed by atoms with Crippen LogP contribution in [0, 0.1) is 0 Å². The van der Waals surface area contributed by atoms with Crippen molar-refractivity contribution in [3.63, 3.8) is 0 Å². The smallest absolute Gasteiger partial charge is 0.219 e. The molecule has 0 saturated heterocycles. The molecule has 1 aliphatic rings. The van der Waals surface area contributed by atoms with Gasteiger partial charge in [-0.25, -0.2) is 21.6 Å². The van der Waals surface area contributed by atoms with Crippen molar-refractivity contribution in [2.24, 2.45) is 0 Å². The Bertz CT molecular complexity index is 962. The molecule has 0 aliphatic carbocycles. The van der Waals surface area contributed by atoms with Crippen LogP contribution < -0.4 is 4.72 Å². The lowest BCUT2D eigenvalue weighted by molar-refractivity contribution is 0.581. The number of sulfonamides is 1. The van der Waals surface area contributed by atoms with E-state index in [1.54, 1.807) is 0 Å². The summed E-state index contributed by atoms with van der Waals surface area (Å²) in [5, 5.41) is 1.08. The molecule has 2 aromatic rings. The van der Waals surface area contributed by atoms with Crippen LogP contribution >= 0.6 is 0 Å². The van der Waals surface area contributed by atoms with Crippen LogP contribution in [0.3, 0.4) is 0 Å². The van der Waals surface area contributed by atoms with Crippen molar-refractivity contribution in [1.29, 1.82) is 0 Å². The molecule has 0 aromatic heterocycles. The van der Waals surface area contributed by atoms with Gasteiger partial charge in [-0.15, -0.1) is 0 Å². The molecule has 23 heavy (non-hydrogen) atoms. The summed E-state index contributed by atoms with van der Waals surface area (Å²) in [5.41, 5.74) is 1.53. The van der Waals surface area contributed by atoms with Gasteiger partial charge in [-0.2, -0.15) is 0 Å². The Morgan fingerprint density at radius 1 is 1.00 bits per heavy atom. The molecule has 0 saturated carbocycles. The van der Waals surface area contributed by atoms with E-state index in [2.05, 4.69) is 4.72 Å². The first kappa shape index (κ1) is 15.9. The number of hydrogen-bond donors (Lipinski definition) is 1. The van der Waals surface area contributed by atoms with Crippen LogP contribution in [0.2, 0.25) is 0 Å². The second-order valence-corrected chi connectivity index (χ2v) is 8.75. The Morgan fingerprint density at radius 2 is 1.74 bits per heavy atom. The first-order valence-corrected chi connectivity index (χ1v) is 10.0. The van der Waals surface area contributed by atoms with Crippen molar-refractivity contribution in [3.05, 3.63) is 65.1 Å². The molecule has 0 unspecified atom stereocenters. The van der Waals surface area contributed by atoms with Gasteiger partial charge in [-0.05, 0) is 35.8 Å². The zero-order chi connectivity index (χ0) is 16.5. The molecule has 3 rings (SSSR count). The molecule has 5 nitrogen and oxygen atoms in total. The van der Waals surface area contributed by atoms with E-state index >= 15 is 0 Å². The topological polar surface area (TPSA) is 80.3 Å². The van der Waals surface area contributed by atoms with Gasteiger partial charge in [0.15, 0.2) is 9.84 Å². The summed E-state index contributed by atoms with van der Waals surface area (Å²) in [4.78, 5) is -0.0139. The molecular formula is C16H15NO4S2. The quantitative estimate of drug-likeness (QED) is 0.895. The van der Waals surface area contributed by atoms with E-state index in [1.807, 2.05) is 30.3 Å². The molecular weight excluding hydrogens is 334 g/mol. The molecule has 1 aliphatic heterocycles. The lowest BCUT2D eigenvalue weighted by atomic mass is 10.2. The second-order valence-electron chi connectivity index (χ2n) is 5.18. The molecule has 120 valence electrons. The predicted octanol–water partition coefficient (Wildman–Crippen LogP) is 1.97. The molecule has 1 heterocycles. The van der Waals surface area contributed by atoms with Crippen LogP contribution in [0.1, 0.15) is 11.1 Å². The summed E-state index contributed by atoms with van der Waals surface area (Å²) < 4.78 is 50.8. The van der Waals surface area contributed by atoms with Crippen LogP contribution in [0.4, 0.5) is 0 Å². The molecule has 2 aromatic carbocycles. The van der Waals surface area contributed by atoms with Crippen molar-refractivity contribution >= 4 is 25.9 Å². The number of nitrogens with one attached hydrogen (secondary N) is 1. The van der Waals surface area contributed by atoms with Gasteiger partial charge in [-0.3, -0.25) is 0 Å². The van der Waals surface area contributed by atoms with Crippen LogP contribution in [-0.2, 0) is 26.3 Å². The van der Waals surface area contributed by atoms with Crippen molar-refractivity contribution in [2.45, 2.75) is 16.2 Å². The maximum absolute atomic E-state index is 12.3. The molecule has 0 atom stereocenters. The average molecular weight is 349 g/mol. The summed E-state index contributed by atoms with van der Waals surface area (Å²) in [6.45, 7) is 0.244. The number of sulfone groups is 1. The third-order valence-corrected chi connectivity index (χ3v) is 6.50. The molecule has 7 heteroatoms. The van der Waals surface area contributed by atoms with E-state index in [4.69, 9.17) is 0 Å². The second kappa shape index (κ2) is 5.92. The molecule has 0 radical (unpaired) electrons. The fourth-order valence-corrected chi connectivity index (χ4v) is 4.72. The van der Waals surface area contributed by atoms with Crippen molar-refractivity contribution in [2.75, 3.05) is 6.54 Å². The number of benzene rings is 2. The van der Waals surface area contributed by atoms with Gasteiger partial charge >= 0.3 is 0 Å². The van der Waals surface area contributed by atoms with Gasteiger partial charge in [0.05, 0.1) is 9.79 Å². The predicted molar refractivity (Wildman–Crippen MR) is 88.0 cm³/mol. The Labute approximate surface area is 135 Å². The Morgan fingerprint density at radius 3 is 2.48 bits per heavy atom. The van der Waals surface area contributed by atoms with Crippen LogP contribution in [0.15, 0.2) is 63.7 Å². The summed E-state index contributed by atoms with van der Waals surface area (Å²) in [6.07, 6.45) is 2.02. The highest BCUT2D eigenvalue weighted by atomic mass is 32.2. The largest absolute Gasteiger partial charge is 0.240 e. The van der Waals surface area contributed by atoms with Crippen molar-refractivity contribution in [3.8, 4) is 0 Å². The number of hydrogen-bond acceptors (Lipinski definition) is 4. The van der Waals surface area contributed by atoms with Gasteiger partial charge in [0.1, 0.15) is 0 Å². The van der Waals surface area contributed by atoms with Crippen LogP contribution in [-0.4, -0.2) is 23.4 Å². The Balaban J connectivity index is 1.76. The van der Waals surface area contributed by atoms with Crippen molar-refractivity contribution < 1.29 is 16.8 Å². The lowest BCUT2D eigenvalue weighted by Crippen LogP contribution is -2.26. The lowest BCUT2D eigenvalue weighted by Gasteiger charge is -2.08. The van der Waals surface area contributed by atoms with Gasteiger partial charge in [-0.1, -0.05) is 36.4 Å². The van der Waals surface area contributed by atoms with Crippen LogP contribution in [0.5, 0.6) is 0 Å². The highest BCUT2D eigenvalue weighted by molar-refractivity contribution is 7.95. The zero-order valence-electron chi connectivity index (χ0n) is 12.1. The summed E-state index contributed by atoms with van der Waals surface area (Å²) >= 11 is 0. The first-order chi connectivity index (χ1) is 10.9. The van der Waals surface area contributed by atoms with E-state index < -0.39 is 19.9 Å². The molecule has 0 spiro atoms. The SMILES string of the molecule is O=S1(=O)C=Cc2ccc(S(=O)(=O)NCCc3ccccc3)cc21. The standard InChI is InChI=1S/C16H15NO4S2/c18-22(19)11-9-14-6-7-15(12-16(14)22)23(20,21)17-10-8-13-4-2-1-3-5-13/h1-7,9,11-12,17H,8,10H2. The molecule has 0 fully saturated rings. The highest BCUT2D eigenvalue weighted by Gasteiger charge is 2.24. The van der Waals surface area contributed by atoms with Crippen LogP contribution in [0.25, 0.3) is 6.08 Å². The zero-order valence-corrected chi connectivity index (χ0v) is 13.8. The third kappa shape index (κ3) is 3.36. The normalized spacial score (nSPS) is 15.5. The summed E-state index contributed by atoms with van der Waals surface area (Å²) in [6, 6.07) is 13.6. The van der Waals surface area contributed by atoms with E-state index in [-0.39, 0.29) is 16.3 Å². The van der Waals surface area contributed by atoms with E-state index in [1.165, 1.54) is 24.3 Å². The minimum atomic E-state index is -3.74. The van der Waals surface area contributed by atoms with E-state index in [0.29, 0.717) is 12.0 Å². The van der Waals surface area contributed by atoms with E-state index in [0.717, 1.165) is 11.0 Å². The Kier molecular flexibility index (Phi) is 4.09. The summed E-state index contributed by atoms with van der Waals surface area (Å²) in [5.74, 6) is 0. The monoisotopic (exact) mass is 349 g/mol. The van der Waals surface area contributed by atoms with Gasteiger partial charge in [0, 0.05) is 12.0 Å². The van der Waals surface area contributed by atoms with Gasteiger partial charge in [0.2, 0.25) is 10.0 Å². The summed E-state index contributed by atoms with van der Waals surface area (Å²) in [7, 11) is -7.27. The maximum Gasteiger partial charge on any atom is 0.240 e. The molecule has 1 N–H and O–H groups in total. The average Bonchev–Trinajstić information content (AvgIpc) is 2.83. The number of rotatable bonds is 5. The highest BCUT2D eigenvalue weighted by Crippen LogP contribution is 2.28. The minimum absolute atomic E-state index is 0.0310. The van der Waals surface area contributed by atoms with Crippen molar-refractivity contribution in [1.82, 2.24) is 4.72 Å². The Hall–Kier alpha value is -1.96. The van der Waals surface area contributed by atoms with E-state index in [9.17, 15) is 16.8 Å². The minimum Gasteiger partial charge on any atom is -0.219 e. The number of fused-ring (bicyclic) bond motifs is 1. The fourth-order valence-electron chi connectivity index (χ4n) is 2.36. The maximum atomic E-state index is 12.3. The fraction of sp³-hybridized carbons (Fsp3) is 0.125. The molecule has 0 amide bonds. The van der Waals surface area contributed by atoms with Gasteiger partial charge in [0.25, 0.3) is 0 Å².